The number of benzene rings is 4. The Labute approximate surface area is 699 Å². The van der Waals surface area contributed by atoms with Gasteiger partial charge in [0.2, 0.25) is 58.8 Å². The number of hydrogen-bond acceptors (Lipinski definition) is 22. The number of nitrogens with one attached hydrogen (secondary N) is 6. The van der Waals surface area contributed by atoms with Gasteiger partial charge in [-0.25, -0.2) is 29.1 Å². The van der Waals surface area contributed by atoms with Gasteiger partial charge in [0, 0.05) is 45.8 Å². The van der Waals surface area contributed by atoms with Crippen molar-refractivity contribution >= 4 is 23.1 Å². The van der Waals surface area contributed by atoms with Gasteiger partial charge in [-0.15, -0.1) is 0 Å². The van der Waals surface area contributed by atoms with E-state index in [2.05, 4.69) is 49.8 Å². The SMILES string of the molecule is CCc1c(C(=O)c2cc(C)cc(C#N)c2)[nH]c(=O)[nH]c1=O.CCc1c(C(=O)c2cc(C)cc(C#N)c2)n(Cc2cc(F)nc(F)c2)c(=O)[nH]c1=O.Cc1cc(C#N)cc(C(=O)c2[nH]c(=O)[nH]c(=O)c2C(C)(C)C)c1.Cc1cc(C#N)cc(C(=O)c2c(C(C)(C)C)c(=O)[nH]c(=O)n2Cc2ccnc(F)c2)c1.OCc1cc(F)nc(F)c1.OCc1ccnc(F)c1. The van der Waals surface area contributed by atoms with Crippen LogP contribution in [0.1, 0.15) is 209 Å². The van der Waals surface area contributed by atoms with Crippen LogP contribution in [0.5, 0.6) is 0 Å². The van der Waals surface area contributed by atoms with Gasteiger partial charge in [-0.05, 0) is 217 Å². The van der Waals surface area contributed by atoms with E-state index < -0.39 is 115 Å². The summed E-state index contributed by atoms with van der Waals surface area (Å²) in [5, 5.41) is 53.3. The molecule has 0 fully saturated rings. The maximum absolute atomic E-state index is 13.6. The Morgan fingerprint density at radius 1 is 0.379 bits per heavy atom. The lowest BCUT2D eigenvalue weighted by Crippen LogP contribution is -2.41. The van der Waals surface area contributed by atoms with E-state index >= 15 is 0 Å². The van der Waals surface area contributed by atoms with Crippen molar-refractivity contribution in [2.24, 2.45) is 0 Å². The van der Waals surface area contributed by atoms with Crippen molar-refractivity contribution in [1.29, 1.82) is 21.0 Å². The second kappa shape index (κ2) is 41.8. The maximum atomic E-state index is 13.6. The number of hydrogen-bond donors (Lipinski definition) is 8. The number of rotatable bonds is 16. The lowest BCUT2D eigenvalue weighted by atomic mass is 9.84. The normalized spacial score (nSPS) is 10.6. The lowest BCUT2D eigenvalue weighted by Gasteiger charge is -2.24. The van der Waals surface area contributed by atoms with Crippen LogP contribution in [0.3, 0.4) is 0 Å². The minimum atomic E-state index is -1.08. The smallest absolute Gasteiger partial charge is 0.329 e. The quantitative estimate of drug-likeness (QED) is 0.0253. The molecule has 30 nitrogen and oxygen atoms in total. The van der Waals surface area contributed by atoms with Gasteiger partial charge in [0.1, 0.15) is 17.1 Å². The van der Waals surface area contributed by atoms with Crippen LogP contribution in [-0.2, 0) is 50.0 Å². The summed E-state index contributed by atoms with van der Waals surface area (Å²) in [4.78, 5) is 176. The Bertz CT molecular complexity index is 6820. The van der Waals surface area contributed by atoms with E-state index in [1.165, 1.54) is 54.9 Å². The van der Waals surface area contributed by atoms with E-state index in [9.17, 15) is 94.4 Å². The number of aliphatic hydroxyl groups is 2. The molecule has 0 unspecified atom stereocenters. The molecule has 636 valence electrons. The zero-order valence-electron chi connectivity index (χ0n) is 68.5. The molecular formula is C88H78F6N16O14. The first-order valence-corrected chi connectivity index (χ1v) is 37.2. The number of nitrogens with zero attached hydrogens (tertiary/aromatic N) is 10. The van der Waals surface area contributed by atoms with Gasteiger partial charge in [0.25, 0.3) is 22.2 Å². The number of ketones is 4. The van der Waals surface area contributed by atoms with Gasteiger partial charge in [0.05, 0.1) is 89.7 Å². The second-order valence-electron chi connectivity index (χ2n) is 29.5. The van der Waals surface area contributed by atoms with Crippen molar-refractivity contribution in [2.45, 2.75) is 133 Å². The largest absolute Gasteiger partial charge is 0.392 e. The van der Waals surface area contributed by atoms with Crippen LogP contribution in [0.25, 0.3) is 0 Å². The third kappa shape index (κ3) is 25.2. The Balaban J connectivity index is 0.000000213. The highest BCUT2D eigenvalue weighted by molar-refractivity contribution is 6.11. The Hall–Kier alpha value is -15.7. The summed E-state index contributed by atoms with van der Waals surface area (Å²) in [5.41, 5.74) is -0.774. The molecule has 12 aromatic rings. The lowest BCUT2D eigenvalue weighted by molar-refractivity contribution is 0.101. The number of aromatic nitrogens is 12. The first-order chi connectivity index (χ1) is 58.4. The molecule has 0 saturated heterocycles. The number of carbonyl (C=O) groups is 4. The summed E-state index contributed by atoms with van der Waals surface area (Å²) in [6.45, 7) is 19.9. The molecule has 0 aliphatic rings. The molecular weight excluding hydrogens is 1620 g/mol. The molecule has 0 aliphatic carbocycles. The number of halogens is 6. The molecule has 8 heterocycles. The first kappa shape index (κ1) is 95.5. The molecule has 0 spiro atoms. The van der Waals surface area contributed by atoms with E-state index in [0.29, 0.717) is 39.8 Å². The zero-order chi connectivity index (χ0) is 92.1. The number of nitriles is 4. The molecule has 0 bridgehead atoms. The molecule has 124 heavy (non-hydrogen) atoms. The van der Waals surface area contributed by atoms with Crippen LogP contribution in [0.15, 0.2) is 172 Å². The van der Waals surface area contributed by atoms with Crippen LogP contribution >= 0.6 is 0 Å². The van der Waals surface area contributed by atoms with Gasteiger partial charge in [-0.3, -0.25) is 67.4 Å². The molecule has 0 radical (unpaired) electrons. The predicted octanol–water partition coefficient (Wildman–Crippen LogP) is 9.43. The van der Waals surface area contributed by atoms with Crippen molar-refractivity contribution in [1.82, 2.24) is 59.0 Å². The summed E-state index contributed by atoms with van der Waals surface area (Å²) >= 11 is 0. The van der Waals surface area contributed by atoms with Gasteiger partial charge >= 0.3 is 22.8 Å². The van der Waals surface area contributed by atoms with Gasteiger partial charge in [-0.2, -0.15) is 57.4 Å². The van der Waals surface area contributed by atoms with Crippen molar-refractivity contribution < 1.29 is 55.7 Å². The van der Waals surface area contributed by atoms with E-state index in [-0.39, 0.29) is 122 Å². The van der Waals surface area contributed by atoms with Crippen LogP contribution in [0, 0.1) is 109 Å². The molecule has 0 saturated carbocycles. The molecule has 8 aromatic heterocycles. The van der Waals surface area contributed by atoms with E-state index in [1.54, 1.807) is 132 Å². The number of pyridine rings is 4. The van der Waals surface area contributed by atoms with Crippen molar-refractivity contribution in [3.8, 4) is 24.3 Å². The molecule has 0 aliphatic heterocycles. The zero-order valence-corrected chi connectivity index (χ0v) is 68.5. The molecule has 8 N–H and O–H groups in total. The molecule has 36 heteroatoms. The number of aryl methyl sites for hydroxylation is 4. The predicted molar refractivity (Wildman–Crippen MR) is 438 cm³/mol. The minimum Gasteiger partial charge on any atom is -0.392 e. The Morgan fingerprint density at radius 3 is 1.09 bits per heavy atom. The standard InChI is InChI=1S/C23H21FN4O3.C21H16F2N4O3.C17H17N3O3.C15H13N3O3.C6H5F2NO.C6H6FNO/c1-13-7-15(11-25)9-16(8-13)20(29)19-18(23(2,3)4)21(30)27-22(31)28(19)12-14-5-6-26-17(24)10-14;1-3-15-18(19(28)14-5-11(2)4-12(6-14)9-24)27(21(30)26-20(15)29)10-13-7-16(22)25-17(23)8-13;1-9-5-10(8-18)7-11(6-9)14(21)13-12(17(2,3)4)15(22)20-16(23)19-13;1-3-11-12(17-15(21)18-14(11)20)13(19)10-5-8(2)4-9(6-10)7-16;7-5-1-4(3-10)2-6(8)9-5;7-6-3-5(4-9)1-2-8-6/h5-10H,12H2,1-4H3,(H,27,30,31);4-8H,3,10H2,1-2H3,(H,26,29,30);5-7H,1-4H3,(H2,19,20,22,23);4-6H,3H2,1-2H3,(H2,17,18,20,21);1-2,10H,3H2;1-3,9H,4H2. The van der Waals surface area contributed by atoms with E-state index in [0.717, 1.165) is 50.6 Å². The maximum Gasteiger partial charge on any atom is 0.329 e. The minimum absolute atomic E-state index is 0.0271. The second-order valence-corrected chi connectivity index (χ2v) is 29.5. The number of aliphatic hydroxyl groups excluding tert-OH is 2. The van der Waals surface area contributed by atoms with Crippen molar-refractivity contribution in [3.63, 3.8) is 0 Å². The summed E-state index contributed by atoms with van der Waals surface area (Å²) < 4.78 is 79.1. The van der Waals surface area contributed by atoms with Gasteiger partial charge in [0.15, 0.2) is 0 Å². The highest BCUT2D eigenvalue weighted by Crippen LogP contribution is 2.28. The summed E-state index contributed by atoms with van der Waals surface area (Å²) in [5.74, 6) is -7.45. The van der Waals surface area contributed by atoms with E-state index in [4.69, 9.17) is 20.7 Å². The highest BCUT2D eigenvalue weighted by atomic mass is 19.2. The van der Waals surface area contributed by atoms with Crippen molar-refractivity contribution in [3.05, 3.63) is 387 Å². The molecule has 0 atom stereocenters. The Morgan fingerprint density at radius 2 is 0.702 bits per heavy atom. The average Bonchev–Trinajstić information content (AvgIpc) is 0.757. The third-order valence-corrected chi connectivity index (χ3v) is 17.7. The summed E-state index contributed by atoms with van der Waals surface area (Å²) in [7, 11) is 0. The number of H-pyrrole nitrogens is 6. The fourth-order valence-corrected chi connectivity index (χ4v) is 12.6. The molecule has 12 rings (SSSR count). The number of aromatic amines is 6. The molecule has 4 aromatic carbocycles. The average molecular weight is 1700 g/mol. The summed E-state index contributed by atoms with van der Waals surface area (Å²) in [6, 6.07) is 35.7. The van der Waals surface area contributed by atoms with Gasteiger partial charge < -0.3 is 20.2 Å². The topological polar surface area (TPSA) is 497 Å². The van der Waals surface area contributed by atoms with E-state index in [1.807, 2.05) is 24.3 Å². The van der Waals surface area contributed by atoms with Crippen LogP contribution < -0.4 is 45.0 Å². The Kier molecular flexibility index (Phi) is 32.2. The monoisotopic (exact) mass is 1700 g/mol. The first-order valence-electron chi connectivity index (χ1n) is 37.2. The fourth-order valence-electron chi connectivity index (χ4n) is 12.6. The van der Waals surface area contributed by atoms with Crippen LogP contribution in [-0.4, -0.2) is 92.3 Å². The van der Waals surface area contributed by atoms with Crippen LogP contribution in [0.2, 0.25) is 0 Å². The third-order valence-electron chi connectivity index (χ3n) is 17.7. The number of carbonyl (C=O) groups excluding carboxylic acids is 4. The van der Waals surface area contributed by atoms with Crippen molar-refractivity contribution in [2.75, 3.05) is 0 Å². The summed E-state index contributed by atoms with van der Waals surface area (Å²) in [6.07, 6.45) is 3.02. The highest BCUT2D eigenvalue weighted by Gasteiger charge is 2.32. The van der Waals surface area contributed by atoms with Crippen LogP contribution in [0.4, 0.5) is 26.3 Å². The molecule has 0 amide bonds. The van der Waals surface area contributed by atoms with Gasteiger partial charge in [-0.1, -0.05) is 55.4 Å². The fraction of sp³-hybridized carbons (Fsp3) is 0.227.